The molecular formula is C13H21NO3. The van der Waals surface area contributed by atoms with E-state index in [2.05, 4.69) is 0 Å². The summed E-state index contributed by atoms with van der Waals surface area (Å²) in [6, 6.07) is 5.87. The van der Waals surface area contributed by atoms with E-state index in [1.54, 1.807) is 7.11 Å². The Balaban J connectivity index is 2.62. The molecule has 0 spiro atoms. The van der Waals surface area contributed by atoms with Crippen LogP contribution in [0.25, 0.3) is 0 Å². The molecule has 0 heterocycles. The van der Waals surface area contributed by atoms with Crippen LogP contribution in [0, 0.1) is 0 Å². The molecule has 17 heavy (non-hydrogen) atoms. The summed E-state index contributed by atoms with van der Waals surface area (Å²) in [5, 5.41) is 0. The Bertz CT molecular complexity index is 328. The minimum absolute atomic E-state index is 0.524. The molecule has 0 saturated carbocycles. The Hall–Kier alpha value is -1.26. The Labute approximate surface area is 103 Å². The molecule has 1 aromatic carbocycles. The fraction of sp³-hybridized carbons (Fsp3) is 0.538. The molecule has 0 amide bonds. The third-order valence-electron chi connectivity index (χ3n) is 2.35. The van der Waals surface area contributed by atoms with E-state index < -0.39 is 0 Å². The lowest BCUT2D eigenvalue weighted by Gasteiger charge is -2.12. The maximum Gasteiger partial charge on any atom is 0.161 e. The number of hydrogen-bond donors (Lipinski definition) is 1. The van der Waals surface area contributed by atoms with E-state index in [0.29, 0.717) is 26.4 Å². The number of benzene rings is 1. The van der Waals surface area contributed by atoms with Crippen LogP contribution in [0.2, 0.25) is 0 Å². The van der Waals surface area contributed by atoms with Gasteiger partial charge in [0.2, 0.25) is 0 Å². The second-order valence-corrected chi connectivity index (χ2v) is 3.57. The summed E-state index contributed by atoms with van der Waals surface area (Å²) in [5.41, 5.74) is 6.68. The predicted molar refractivity (Wildman–Crippen MR) is 67.7 cm³/mol. The highest BCUT2D eigenvalue weighted by molar-refractivity contribution is 5.43. The molecule has 0 unspecified atom stereocenters. The zero-order valence-electron chi connectivity index (χ0n) is 10.6. The molecule has 96 valence electrons. The summed E-state index contributed by atoms with van der Waals surface area (Å²) in [7, 11) is 1.63. The van der Waals surface area contributed by atoms with Crippen LogP contribution in [0.1, 0.15) is 12.5 Å². The number of ether oxygens (including phenoxy) is 3. The first-order valence-corrected chi connectivity index (χ1v) is 5.89. The van der Waals surface area contributed by atoms with Crippen molar-refractivity contribution < 1.29 is 14.2 Å². The van der Waals surface area contributed by atoms with Gasteiger partial charge in [-0.2, -0.15) is 0 Å². The van der Waals surface area contributed by atoms with Crippen molar-refractivity contribution in [2.45, 2.75) is 13.3 Å². The molecule has 0 atom stereocenters. The van der Waals surface area contributed by atoms with Gasteiger partial charge in [0.05, 0.1) is 13.7 Å². The van der Waals surface area contributed by atoms with Crippen LogP contribution in [-0.4, -0.2) is 33.5 Å². The van der Waals surface area contributed by atoms with Crippen molar-refractivity contribution in [3.05, 3.63) is 23.8 Å². The first-order valence-electron chi connectivity index (χ1n) is 5.89. The van der Waals surface area contributed by atoms with Crippen molar-refractivity contribution in [3.63, 3.8) is 0 Å². The zero-order chi connectivity index (χ0) is 12.5. The van der Waals surface area contributed by atoms with Crippen LogP contribution in [0.3, 0.4) is 0 Å². The maximum absolute atomic E-state index is 5.63. The molecule has 4 nitrogen and oxygen atoms in total. The van der Waals surface area contributed by atoms with Gasteiger partial charge in [0, 0.05) is 6.61 Å². The number of rotatable bonds is 8. The van der Waals surface area contributed by atoms with Gasteiger partial charge in [0.1, 0.15) is 6.61 Å². The Kier molecular flexibility index (Phi) is 6.43. The molecule has 1 rings (SSSR count). The molecule has 1 aromatic rings. The number of nitrogens with two attached hydrogens (primary N) is 1. The smallest absolute Gasteiger partial charge is 0.161 e. The third-order valence-corrected chi connectivity index (χ3v) is 2.35. The molecule has 0 aliphatic rings. The zero-order valence-corrected chi connectivity index (χ0v) is 10.6. The third kappa shape index (κ3) is 4.63. The summed E-state index contributed by atoms with van der Waals surface area (Å²) in [5.74, 6) is 1.49. The van der Waals surface area contributed by atoms with Crippen LogP contribution in [0.15, 0.2) is 18.2 Å². The van der Waals surface area contributed by atoms with Crippen LogP contribution in [0.4, 0.5) is 0 Å². The largest absolute Gasteiger partial charge is 0.493 e. The fourth-order valence-corrected chi connectivity index (χ4v) is 1.51. The van der Waals surface area contributed by atoms with Crippen molar-refractivity contribution in [3.8, 4) is 11.5 Å². The molecule has 0 aromatic heterocycles. The van der Waals surface area contributed by atoms with Gasteiger partial charge in [-0.3, -0.25) is 0 Å². The van der Waals surface area contributed by atoms with Crippen LogP contribution in [-0.2, 0) is 11.2 Å². The molecular weight excluding hydrogens is 218 g/mol. The van der Waals surface area contributed by atoms with Gasteiger partial charge in [0.15, 0.2) is 11.5 Å². The van der Waals surface area contributed by atoms with Crippen LogP contribution < -0.4 is 15.2 Å². The standard InChI is InChI=1S/C13H21NO3/c1-3-16-8-9-17-13-10-11(6-7-14)4-5-12(13)15-2/h4-5,10H,3,6-9,14H2,1-2H3. The average Bonchev–Trinajstić information content (AvgIpc) is 2.35. The molecule has 0 bridgehead atoms. The highest BCUT2D eigenvalue weighted by Crippen LogP contribution is 2.28. The second kappa shape index (κ2) is 7.92. The van der Waals surface area contributed by atoms with Gasteiger partial charge in [-0.25, -0.2) is 0 Å². The van der Waals surface area contributed by atoms with Crippen LogP contribution in [0.5, 0.6) is 11.5 Å². The summed E-state index contributed by atoms with van der Waals surface area (Å²) in [6.07, 6.45) is 0.839. The van der Waals surface area contributed by atoms with Crippen molar-refractivity contribution >= 4 is 0 Å². The molecule has 2 N–H and O–H groups in total. The topological polar surface area (TPSA) is 53.7 Å². The minimum Gasteiger partial charge on any atom is -0.493 e. The molecule has 0 aliphatic carbocycles. The molecule has 0 radical (unpaired) electrons. The van der Waals surface area contributed by atoms with Crippen LogP contribution >= 0.6 is 0 Å². The second-order valence-electron chi connectivity index (χ2n) is 3.57. The molecule has 4 heteroatoms. The summed E-state index contributed by atoms with van der Waals surface area (Å²) >= 11 is 0. The highest BCUT2D eigenvalue weighted by atomic mass is 16.5. The maximum atomic E-state index is 5.63. The number of hydrogen-bond acceptors (Lipinski definition) is 4. The van der Waals surface area contributed by atoms with Gasteiger partial charge < -0.3 is 19.9 Å². The molecule has 0 fully saturated rings. The minimum atomic E-state index is 0.524. The first kappa shape index (κ1) is 13.8. The predicted octanol–water partition coefficient (Wildman–Crippen LogP) is 1.61. The van der Waals surface area contributed by atoms with Gasteiger partial charge >= 0.3 is 0 Å². The van der Waals surface area contributed by atoms with E-state index in [1.165, 1.54) is 0 Å². The van der Waals surface area contributed by atoms with E-state index in [-0.39, 0.29) is 0 Å². The molecule has 0 saturated heterocycles. The lowest BCUT2D eigenvalue weighted by atomic mass is 10.1. The summed E-state index contributed by atoms with van der Waals surface area (Å²) in [6.45, 7) is 4.40. The van der Waals surface area contributed by atoms with E-state index in [1.807, 2.05) is 25.1 Å². The highest BCUT2D eigenvalue weighted by Gasteiger charge is 2.05. The van der Waals surface area contributed by atoms with Gasteiger partial charge in [-0.05, 0) is 37.6 Å². The number of methoxy groups -OCH3 is 1. The lowest BCUT2D eigenvalue weighted by Crippen LogP contribution is -2.08. The Morgan fingerprint density at radius 1 is 1.18 bits per heavy atom. The SMILES string of the molecule is CCOCCOc1cc(CCN)ccc1OC. The lowest BCUT2D eigenvalue weighted by molar-refractivity contribution is 0.109. The van der Waals surface area contributed by atoms with Gasteiger partial charge in [-0.1, -0.05) is 6.07 Å². The monoisotopic (exact) mass is 239 g/mol. The normalized spacial score (nSPS) is 10.3. The van der Waals surface area contributed by atoms with Gasteiger partial charge in [-0.15, -0.1) is 0 Å². The Morgan fingerprint density at radius 3 is 2.65 bits per heavy atom. The van der Waals surface area contributed by atoms with E-state index >= 15 is 0 Å². The summed E-state index contributed by atoms with van der Waals surface area (Å²) in [4.78, 5) is 0. The van der Waals surface area contributed by atoms with E-state index in [0.717, 1.165) is 23.5 Å². The van der Waals surface area contributed by atoms with Crippen molar-refractivity contribution in [2.24, 2.45) is 5.73 Å². The quantitative estimate of drug-likeness (QED) is 0.700. The van der Waals surface area contributed by atoms with Gasteiger partial charge in [0.25, 0.3) is 0 Å². The first-order chi connectivity index (χ1) is 8.31. The van der Waals surface area contributed by atoms with Crippen molar-refractivity contribution in [1.82, 2.24) is 0 Å². The Morgan fingerprint density at radius 2 is 2.00 bits per heavy atom. The van der Waals surface area contributed by atoms with Crippen molar-refractivity contribution in [1.29, 1.82) is 0 Å². The average molecular weight is 239 g/mol. The fourth-order valence-electron chi connectivity index (χ4n) is 1.51. The summed E-state index contributed by atoms with van der Waals surface area (Å²) < 4.78 is 16.1. The van der Waals surface area contributed by atoms with E-state index in [9.17, 15) is 0 Å². The molecule has 0 aliphatic heterocycles. The van der Waals surface area contributed by atoms with Crippen molar-refractivity contribution in [2.75, 3.05) is 33.5 Å². The van der Waals surface area contributed by atoms with E-state index in [4.69, 9.17) is 19.9 Å².